The van der Waals surface area contributed by atoms with Crippen LogP contribution in [0.3, 0.4) is 0 Å². The number of hydrogen-bond acceptors (Lipinski definition) is 6. The fourth-order valence-electron chi connectivity index (χ4n) is 2.05. The molecule has 1 aromatic heterocycles. The smallest absolute Gasteiger partial charge is 0.411 e. The van der Waals surface area contributed by atoms with Crippen molar-refractivity contribution in [3.8, 4) is 5.75 Å². The number of H-pyrrole nitrogens is 1. The summed E-state index contributed by atoms with van der Waals surface area (Å²) in [5.74, 6) is 0.651. The van der Waals surface area contributed by atoms with E-state index in [9.17, 15) is 20.2 Å². The van der Waals surface area contributed by atoms with Crippen LogP contribution in [0.1, 0.15) is 0 Å². The van der Waals surface area contributed by atoms with Gasteiger partial charge in [0.1, 0.15) is 11.5 Å². The van der Waals surface area contributed by atoms with Crippen LogP contribution in [0, 0.1) is 20.2 Å². The van der Waals surface area contributed by atoms with E-state index in [1.54, 1.807) is 18.3 Å². The Labute approximate surface area is 111 Å². The molecule has 0 spiro atoms. The lowest BCUT2D eigenvalue weighted by atomic mass is 10.2. The molecule has 1 atom stereocenters. The Morgan fingerprint density at radius 3 is 2.65 bits per heavy atom. The third-order valence-electron chi connectivity index (χ3n) is 2.89. The van der Waals surface area contributed by atoms with E-state index in [0.29, 0.717) is 5.82 Å². The lowest BCUT2D eigenvalue weighted by Crippen LogP contribution is -2.37. The number of hydrogen-bond donors (Lipinski definition) is 1. The van der Waals surface area contributed by atoms with Crippen LogP contribution in [-0.2, 0) is 0 Å². The summed E-state index contributed by atoms with van der Waals surface area (Å²) in [6.07, 6.45) is 0.146. The molecule has 9 nitrogen and oxygen atoms in total. The maximum atomic E-state index is 11.1. The van der Waals surface area contributed by atoms with Crippen molar-refractivity contribution in [2.24, 2.45) is 0 Å². The highest BCUT2D eigenvalue weighted by atomic mass is 16.7. The molecule has 0 aliphatic carbocycles. The Bertz CT molecular complexity index is 684. The minimum Gasteiger partial charge on any atom is -0.411 e. The highest BCUT2D eigenvalue weighted by Gasteiger charge is 2.42. The number of anilines is 2. The summed E-state index contributed by atoms with van der Waals surface area (Å²) in [6, 6.07) is 7.14. The Kier molecular flexibility index (Phi) is 2.53. The van der Waals surface area contributed by atoms with Crippen molar-refractivity contribution in [1.82, 2.24) is 4.98 Å². The largest absolute Gasteiger partial charge is 0.446 e. The fraction of sp³-hybridized carbons (Fsp3) is 0.0909. The van der Waals surface area contributed by atoms with E-state index in [-0.39, 0.29) is 17.1 Å². The summed E-state index contributed by atoms with van der Waals surface area (Å²) < 4.78 is 5.22. The van der Waals surface area contributed by atoms with E-state index in [0.717, 1.165) is 0 Å². The predicted octanol–water partition coefficient (Wildman–Crippen LogP) is 2.01. The highest BCUT2D eigenvalue weighted by Crippen LogP contribution is 2.43. The van der Waals surface area contributed by atoms with Gasteiger partial charge in [0.15, 0.2) is 5.75 Å². The summed E-state index contributed by atoms with van der Waals surface area (Å²) >= 11 is 0. The molecule has 1 aromatic carbocycles. The lowest BCUT2D eigenvalue weighted by molar-refractivity contribution is -0.557. The average Bonchev–Trinajstić information content (AvgIpc) is 3.03. The van der Waals surface area contributed by atoms with Crippen molar-refractivity contribution in [2.75, 3.05) is 4.90 Å². The molecule has 0 radical (unpaired) electrons. The zero-order chi connectivity index (χ0) is 14.3. The lowest BCUT2D eigenvalue weighted by Gasteiger charge is -2.16. The molecule has 0 amide bonds. The monoisotopic (exact) mass is 276 g/mol. The van der Waals surface area contributed by atoms with Crippen LogP contribution in [0.5, 0.6) is 5.75 Å². The molecule has 3 rings (SSSR count). The second-order valence-corrected chi connectivity index (χ2v) is 4.06. The number of aromatic nitrogens is 1. The molecule has 2 heterocycles. The normalized spacial score (nSPS) is 16.6. The van der Waals surface area contributed by atoms with Crippen LogP contribution in [0.15, 0.2) is 36.5 Å². The molecular formula is C11H8N4O5. The van der Waals surface area contributed by atoms with E-state index in [2.05, 4.69) is 4.98 Å². The topological polar surface area (TPSA) is 115 Å². The van der Waals surface area contributed by atoms with Gasteiger partial charge in [0.25, 0.3) is 5.69 Å². The van der Waals surface area contributed by atoms with Crippen molar-refractivity contribution >= 4 is 17.2 Å². The van der Waals surface area contributed by atoms with Crippen molar-refractivity contribution in [2.45, 2.75) is 6.35 Å². The van der Waals surface area contributed by atoms with E-state index in [1.807, 2.05) is 0 Å². The van der Waals surface area contributed by atoms with E-state index < -0.39 is 16.2 Å². The minimum absolute atomic E-state index is 0.159. The number of ether oxygens (including phenoxy) is 1. The van der Waals surface area contributed by atoms with Crippen LogP contribution >= 0.6 is 0 Å². The summed E-state index contributed by atoms with van der Waals surface area (Å²) in [7, 11) is 0. The molecule has 0 saturated carbocycles. The maximum Gasteiger partial charge on any atom is 0.446 e. The van der Waals surface area contributed by atoms with E-state index in [4.69, 9.17) is 4.74 Å². The number of aromatic amines is 1. The van der Waals surface area contributed by atoms with Gasteiger partial charge >= 0.3 is 6.35 Å². The van der Waals surface area contributed by atoms with Crippen molar-refractivity contribution in [3.05, 3.63) is 56.8 Å². The third-order valence-corrected chi connectivity index (χ3v) is 2.89. The standard InChI is InChI=1S/C11H8N4O5/c16-14(17)7-3-4-9-8(6-7)13(10-2-1-5-12-10)11(20-9)15(18)19/h1-6,11-12H/t11-/m1/s1. The first-order valence-corrected chi connectivity index (χ1v) is 5.59. The molecule has 2 aromatic rings. The SMILES string of the molecule is O=[N+]([O-])c1ccc2c(c1)N(c1ccc[nH]1)[C@H]([N+](=O)[O-])O2. The summed E-state index contributed by atoms with van der Waals surface area (Å²) in [5, 5.41) is 21.9. The van der Waals surface area contributed by atoms with Gasteiger partial charge in [-0.3, -0.25) is 20.2 Å². The second kappa shape index (κ2) is 4.23. The summed E-state index contributed by atoms with van der Waals surface area (Å²) in [4.78, 5) is 24.8. The van der Waals surface area contributed by atoms with Crippen LogP contribution in [0.25, 0.3) is 0 Å². The molecule has 0 saturated heterocycles. The molecule has 20 heavy (non-hydrogen) atoms. The highest BCUT2D eigenvalue weighted by molar-refractivity contribution is 5.72. The Morgan fingerprint density at radius 2 is 2.05 bits per heavy atom. The van der Waals surface area contributed by atoms with Crippen LogP contribution in [-0.4, -0.2) is 21.2 Å². The van der Waals surface area contributed by atoms with Gasteiger partial charge in [0, 0.05) is 18.3 Å². The number of nitrogens with one attached hydrogen (secondary N) is 1. The molecule has 0 fully saturated rings. The number of nitro groups is 2. The molecule has 1 N–H and O–H groups in total. The molecule has 0 bridgehead atoms. The van der Waals surface area contributed by atoms with Gasteiger partial charge in [0.05, 0.1) is 9.85 Å². The molecular weight excluding hydrogens is 268 g/mol. The number of benzene rings is 1. The van der Waals surface area contributed by atoms with Gasteiger partial charge in [-0.05, 0) is 18.2 Å². The van der Waals surface area contributed by atoms with Gasteiger partial charge < -0.3 is 9.72 Å². The molecule has 9 heteroatoms. The number of fused-ring (bicyclic) bond motifs is 1. The first kappa shape index (κ1) is 12.0. The molecule has 0 unspecified atom stereocenters. The quantitative estimate of drug-likeness (QED) is 0.677. The van der Waals surface area contributed by atoms with Gasteiger partial charge in [-0.25, -0.2) is 4.90 Å². The summed E-state index contributed by atoms with van der Waals surface area (Å²) in [5.41, 5.74) is 0.122. The zero-order valence-electron chi connectivity index (χ0n) is 9.92. The van der Waals surface area contributed by atoms with E-state index >= 15 is 0 Å². The Morgan fingerprint density at radius 1 is 1.25 bits per heavy atom. The zero-order valence-corrected chi connectivity index (χ0v) is 9.92. The number of rotatable bonds is 3. The number of non-ortho nitro benzene ring substituents is 1. The molecule has 1 aliphatic heterocycles. The Balaban J connectivity index is 2.13. The van der Waals surface area contributed by atoms with Crippen molar-refractivity contribution in [1.29, 1.82) is 0 Å². The number of nitro benzene ring substituents is 1. The van der Waals surface area contributed by atoms with Crippen LogP contribution in [0.4, 0.5) is 17.2 Å². The van der Waals surface area contributed by atoms with Crippen molar-refractivity contribution < 1.29 is 14.6 Å². The van der Waals surface area contributed by atoms with Gasteiger partial charge in [-0.2, -0.15) is 0 Å². The first-order chi connectivity index (χ1) is 9.58. The summed E-state index contributed by atoms with van der Waals surface area (Å²) in [6.45, 7) is 0. The second-order valence-electron chi connectivity index (χ2n) is 4.06. The fourth-order valence-corrected chi connectivity index (χ4v) is 2.05. The predicted molar refractivity (Wildman–Crippen MR) is 67.4 cm³/mol. The molecule has 102 valence electrons. The maximum absolute atomic E-state index is 11.1. The van der Waals surface area contributed by atoms with Crippen molar-refractivity contribution in [3.63, 3.8) is 0 Å². The Hall–Kier alpha value is -3.10. The number of nitrogens with zero attached hydrogens (tertiary/aromatic N) is 3. The first-order valence-electron chi connectivity index (χ1n) is 5.59. The average molecular weight is 276 g/mol. The van der Waals surface area contributed by atoms with Crippen LogP contribution < -0.4 is 9.64 Å². The van der Waals surface area contributed by atoms with Gasteiger partial charge in [0.2, 0.25) is 0 Å². The van der Waals surface area contributed by atoms with Gasteiger partial charge in [-0.1, -0.05) is 0 Å². The van der Waals surface area contributed by atoms with Gasteiger partial charge in [-0.15, -0.1) is 0 Å². The minimum atomic E-state index is -1.45. The van der Waals surface area contributed by atoms with E-state index in [1.165, 1.54) is 23.1 Å². The van der Waals surface area contributed by atoms with Crippen LogP contribution in [0.2, 0.25) is 0 Å². The third kappa shape index (κ3) is 1.72. The molecule has 1 aliphatic rings.